The van der Waals surface area contributed by atoms with E-state index in [4.69, 9.17) is 5.26 Å². The van der Waals surface area contributed by atoms with Gasteiger partial charge in [0.1, 0.15) is 0 Å². The molecule has 4 nitrogen and oxygen atoms in total. The molecular formula is C13H23N3O. The predicted molar refractivity (Wildman–Crippen MR) is 67.3 cm³/mol. The Bertz CT molecular complexity index is 290. The van der Waals surface area contributed by atoms with Crippen molar-refractivity contribution >= 4 is 5.91 Å². The van der Waals surface area contributed by atoms with E-state index < -0.39 is 0 Å². The first-order valence-electron chi connectivity index (χ1n) is 6.56. The maximum atomic E-state index is 12.0. The van der Waals surface area contributed by atoms with Crippen LogP contribution in [0.4, 0.5) is 0 Å². The van der Waals surface area contributed by atoms with Crippen LogP contribution in [0.25, 0.3) is 0 Å². The first-order valence-corrected chi connectivity index (χ1v) is 6.56. The molecule has 0 bridgehead atoms. The molecule has 17 heavy (non-hydrogen) atoms. The van der Waals surface area contributed by atoms with Crippen molar-refractivity contribution in [2.24, 2.45) is 5.92 Å². The Morgan fingerprint density at radius 1 is 1.24 bits per heavy atom. The fourth-order valence-electron chi connectivity index (χ4n) is 2.17. The summed E-state index contributed by atoms with van der Waals surface area (Å²) in [6.07, 6.45) is 1.75. The van der Waals surface area contributed by atoms with Crippen LogP contribution in [0.5, 0.6) is 0 Å². The van der Waals surface area contributed by atoms with Crippen molar-refractivity contribution < 1.29 is 4.79 Å². The minimum absolute atomic E-state index is 0.0100. The molecule has 1 rings (SSSR count). The van der Waals surface area contributed by atoms with E-state index in [1.165, 1.54) is 0 Å². The number of nitrogens with zero attached hydrogens (tertiary/aromatic N) is 3. The molecule has 1 amide bonds. The van der Waals surface area contributed by atoms with Crippen molar-refractivity contribution in [3.05, 3.63) is 0 Å². The molecule has 1 aliphatic heterocycles. The van der Waals surface area contributed by atoms with Gasteiger partial charge in [-0.3, -0.25) is 9.69 Å². The summed E-state index contributed by atoms with van der Waals surface area (Å²) in [5.41, 5.74) is 0. The maximum absolute atomic E-state index is 12.0. The Kier molecular flexibility index (Phi) is 5.43. The Balaban J connectivity index is 2.46. The molecule has 0 N–H and O–H groups in total. The van der Waals surface area contributed by atoms with E-state index in [-0.39, 0.29) is 17.9 Å². The third-order valence-electron chi connectivity index (χ3n) is 3.64. The van der Waals surface area contributed by atoms with E-state index in [2.05, 4.69) is 11.0 Å². The van der Waals surface area contributed by atoms with Crippen LogP contribution < -0.4 is 0 Å². The summed E-state index contributed by atoms with van der Waals surface area (Å²) in [5, 5.41) is 9.01. The predicted octanol–water partition coefficient (Wildman–Crippen LogP) is 1.48. The zero-order valence-corrected chi connectivity index (χ0v) is 11.1. The van der Waals surface area contributed by atoms with Gasteiger partial charge in [-0.25, -0.2) is 0 Å². The van der Waals surface area contributed by atoms with Crippen molar-refractivity contribution in [2.45, 2.75) is 39.7 Å². The number of piperazine rings is 1. The van der Waals surface area contributed by atoms with Gasteiger partial charge in [-0.05, 0) is 12.8 Å². The third-order valence-corrected chi connectivity index (χ3v) is 3.64. The molecule has 1 heterocycles. The summed E-state index contributed by atoms with van der Waals surface area (Å²) in [6.45, 7) is 9.25. The number of hydrogen-bond donors (Lipinski definition) is 0. The van der Waals surface area contributed by atoms with Gasteiger partial charge in [0.25, 0.3) is 0 Å². The molecule has 0 spiro atoms. The molecule has 1 aliphatic rings. The monoisotopic (exact) mass is 237 g/mol. The molecule has 4 heteroatoms. The van der Waals surface area contributed by atoms with Crippen LogP contribution in [-0.2, 0) is 4.79 Å². The lowest BCUT2D eigenvalue weighted by Gasteiger charge is -2.37. The molecule has 0 aliphatic carbocycles. The molecule has 0 radical (unpaired) electrons. The van der Waals surface area contributed by atoms with Gasteiger partial charge in [0.2, 0.25) is 5.91 Å². The maximum Gasteiger partial charge on any atom is 0.225 e. The fourth-order valence-corrected chi connectivity index (χ4v) is 2.17. The zero-order valence-electron chi connectivity index (χ0n) is 11.1. The summed E-state index contributed by atoms with van der Waals surface area (Å²) < 4.78 is 0. The fraction of sp³-hybridized carbons (Fsp3) is 0.846. The third kappa shape index (κ3) is 3.44. The lowest BCUT2D eigenvalue weighted by Crippen LogP contribution is -2.52. The number of amides is 1. The molecule has 0 saturated carbocycles. The summed E-state index contributed by atoms with van der Waals surface area (Å²) in [6, 6.07) is 2.33. The Morgan fingerprint density at radius 3 is 2.24 bits per heavy atom. The zero-order chi connectivity index (χ0) is 12.8. The number of carbonyl (C=O) groups excluding carboxylic acids is 1. The average molecular weight is 237 g/mol. The first-order chi connectivity index (χ1) is 8.13. The van der Waals surface area contributed by atoms with E-state index in [1.807, 2.05) is 25.7 Å². The molecular weight excluding hydrogens is 214 g/mol. The Hall–Kier alpha value is -1.08. The minimum Gasteiger partial charge on any atom is -0.340 e. The molecule has 0 aromatic carbocycles. The molecule has 96 valence electrons. The Labute approximate surface area is 104 Å². The highest BCUT2D eigenvalue weighted by Crippen LogP contribution is 2.12. The molecule has 1 saturated heterocycles. The standard InChI is InChI=1S/C13H23N3O/c1-4-11(3)13(17)16-8-6-15(7-9-16)12(5-2)10-14/h11-12H,4-9H2,1-3H3. The topological polar surface area (TPSA) is 47.3 Å². The van der Waals surface area contributed by atoms with Crippen LogP contribution in [0, 0.1) is 17.2 Å². The lowest BCUT2D eigenvalue weighted by molar-refractivity contribution is -0.137. The second kappa shape index (κ2) is 6.61. The highest BCUT2D eigenvalue weighted by molar-refractivity contribution is 5.78. The van der Waals surface area contributed by atoms with E-state index in [0.717, 1.165) is 39.0 Å². The first kappa shape index (κ1) is 14.0. The van der Waals surface area contributed by atoms with Crippen LogP contribution in [0.3, 0.4) is 0 Å². The quantitative estimate of drug-likeness (QED) is 0.744. The molecule has 0 aromatic rings. The molecule has 1 fully saturated rings. The van der Waals surface area contributed by atoms with Crippen LogP contribution >= 0.6 is 0 Å². The normalized spacial score (nSPS) is 20.7. The van der Waals surface area contributed by atoms with Crippen molar-refractivity contribution in [1.29, 1.82) is 5.26 Å². The highest BCUT2D eigenvalue weighted by atomic mass is 16.2. The lowest BCUT2D eigenvalue weighted by atomic mass is 10.1. The van der Waals surface area contributed by atoms with Gasteiger partial charge >= 0.3 is 0 Å². The van der Waals surface area contributed by atoms with Crippen molar-refractivity contribution in [2.75, 3.05) is 26.2 Å². The van der Waals surface area contributed by atoms with Gasteiger partial charge in [0.05, 0.1) is 12.1 Å². The van der Waals surface area contributed by atoms with Crippen LogP contribution in [0.15, 0.2) is 0 Å². The van der Waals surface area contributed by atoms with Gasteiger partial charge < -0.3 is 4.90 Å². The summed E-state index contributed by atoms with van der Waals surface area (Å²) >= 11 is 0. The largest absolute Gasteiger partial charge is 0.340 e. The summed E-state index contributed by atoms with van der Waals surface area (Å²) in [7, 11) is 0. The molecule has 2 atom stereocenters. The van der Waals surface area contributed by atoms with E-state index in [9.17, 15) is 4.79 Å². The van der Waals surface area contributed by atoms with Crippen LogP contribution in [0.2, 0.25) is 0 Å². The minimum atomic E-state index is 0.0100. The Morgan fingerprint density at radius 2 is 1.82 bits per heavy atom. The second-order valence-electron chi connectivity index (χ2n) is 4.72. The summed E-state index contributed by atoms with van der Waals surface area (Å²) in [5.74, 6) is 0.386. The van der Waals surface area contributed by atoms with Crippen molar-refractivity contribution in [3.8, 4) is 6.07 Å². The van der Waals surface area contributed by atoms with Gasteiger partial charge in [0.15, 0.2) is 0 Å². The van der Waals surface area contributed by atoms with Crippen LogP contribution in [-0.4, -0.2) is 47.9 Å². The van der Waals surface area contributed by atoms with Crippen molar-refractivity contribution in [1.82, 2.24) is 9.80 Å². The number of rotatable bonds is 4. The van der Waals surface area contributed by atoms with Crippen LogP contribution in [0.1, 0.15) is 33.6 Å². The number of nitriles is 1. The summed E-state index contributed by atoms with van der Waals surface area (Å²) in [4.78, 5) is 16.1. The SMILES string of the molecule is CCC(C)C(=O)N1CCN(C(C#N)CC)CC1. The van der Waals surface area contributed by atoms with Gasteiger partial charge in [-0.1, -0.05) is 20.8 Å². The highest BCUT2D eigenvalue weighted by Gasteiger charge is 2.26. The van der Waals surface area contributed by atoms with E-state index >= 15 is 0 Å². The molecule has 2 unspecified atom stereocenters. The number of carbonyl (C=O) groups is 1. The van der Waals surface area contributed by atoms with E-state index in [1.54, 1.807) is 0 Å². The molecule has 0 aromatic heterocycles. The van der Waals surface area contributed by atoms with Gasteiger partial charge in [0, 0.05) is 32.1 Å². The smallest absolute Gasteiger partial charge is 0.225 e. The van der Waals surface area contributed by atoms with Gasteiger partial charge in [-0.2, -0.15) is 5.26 Å². The number of hydrogen-bond acceptors (Lipinski definition) is 3. The van der Waals surface area contributed by atoms with Crippen molar-refractivity contribution in [3.63, 3.8) is 0 Å². The second-order valence-corrected chi connectivity index (χ2v) is 4.72. The van der Waals surface area contributed by atoms with E-state index in [0.29, 0.717) is 0 Å². The average Bonchev–Trinajstić information content (AvgIpc) is 2.39. The van der Waals surface area contributed by atoms with Gasteiger partial charge in [-0.15, -0.1) is 0 Å².